The second kappa shape index (κ2) is 6.46. The van der Waals surface area contributed by atoms with Gasteiger partial charge in [-0.3, -0.25) is 14.3 Å². The highest BCUT2D eigenvalue weighted by atomic mass is 32.1. The van der Waals surface area contributed by atoms with E-state index in [0.29, 0.717) is 23.0 Å². The van der Waals surface area contributed by atoms with Gasteiger partial charge in [0.1, 0.15) is 16.4 Å². The second-order valence-corrected chi connectivity index (χ2v) is 5.29. The molecule has 21 heavy (non-hydrogen) atoms. The number of carbonyl (C=O) groups excluding carboxylic acids is 1. The van der Waals surface area contributed by atoms with Crippen molar-refractivity contribution < 1.29 is 19.4 Å². The molecule has 0 aliphatic carbocycles. The number of rotatable bonds is 6. The van der Waals surface area contributed by atoms with Gasteiger partial charge >= 0.3 is 5.97 Å². The van der Waals surface area contributed by atoms with Crippen LogP contribution >= 0.6 is 11.3 Å². The lowest BCUT2D eigenvalue weighted by atomic mass is 10.4. The molecule has 0 aliphatic rings. The number of carboxylic acid groups (broad SMARTS) is 1. The van der Waals surface area contributed by atoms with Crippen molar-refractivity contribution in [1.82, 2.24) is 14.8 Å². The maximum absolute atomic E-state index is 12.1. The van der Waals surface area contributed by atoms with Crippen LogP contribution in [0.15, 0.2) is 12.3 Å². The first kappa shape index (κ1) is 15.1. The number of ether oxygens (including phenoxy) is 1. The van der Waals surface area contributed by atoms with Gasteiger partial charge in [0.25, 0.3) is 5.91 Å². The smallest absolute Gasteiger partial charge is 0.325 e. The molecule has 9 heteroatoms. The number of aliphatic carboxylic acids is 1. The van der Waals surface area contributed by atoms with E-state index in [4.69, 9.17) is 9.84 Å². The largest absolute Gasteiger partial charge is 0.480 e. The Morgan fingerprint density at radius 3 is 2.95 bits per heavy atom. The van der Waals surface area contributed by atoms with Crippen molar-refractivity contribution in [2.24, 2.45) is 0 Å². The Morgan fingerprint density at radius 2 is 2.29 bits per heavy atom. The maximum atomic E-state index is 12.1. The molecule has 0 atom stereocenters. The molecule has 2 aromatic heterocycles. The third-order valence-corrected chi connectivity index (χ3v) is 3.62. The van der Waals surface area contributed by atoms with Crippen molar-refractivity contribution in [3.05, 3.63) is 27.8 Å². The molecule has 0 unspecified atom stereocenters. The highest BCUT2D eigenvalue weighted by Crippen LogP contribution is 2.20. The number of amides is 1. The summed E-state index contributed by atoms with van der Waals surface area (Å²) in [5, 5.41) is 15.9. The Kier molecular flexibility index (Phi) is 4.66. The topological polar surface area (TPSA) is 106 Å². The van der Waals surface area contributed by atoms with Gasteiger partial charge in [-0.25, -0.2) is 4.98 Å². The molecule has 1 amide bonds. The fraction of sp³-hybridized carbons (Fsp3) is 0.333. The van der Waals surface area contributed by atoms with Crippen molar-refractivity contribution in [2.75, 3.05) is 12.4 Å². The van der Waals surface area contributed by atoms with Gasteiger partial charge in [-0.05, 0) is 6.92 Å². The zero-order chi connectivity index (χ0) is 15.4. The third-order valence-electron chi connectivity index (χ3n) is 2.49. The van der Waals surface area contributed by atoms with E-state index in [-0.39, 0.29) is 12.5 Å². The van der Waals surface area contributed by atoms with Crippen LogP contribution in [0.3, 0.4) is 0 Å². The zero-order valence-corrected chi connectivity index (χ0v) is 12.3. The van der Waals surface area contributed by atoms with Crippen LogP contribution in [0, 0.1) is 6.92 Å². The van der Waals surface area contributed by atoms with Crippen LogP contribution in [-0.2, 0) is 22.7 Å². The van der Waals surface area contributed by atoms with Gasteiger partial charge in [0.2, 0.25) is 0 Å². The predicted molar refractivity (Wildman–Crippen MR) is 75.4 cm³/mol. The maximum Gasteiger partial charge on any atom is 0.325 e. The Hall–Kier alpha value is -2.26. The van der Waals surface area contributed by atoms with Crippen molar-refractivity contribution in [2.45, 2.75) is 20.1 Å². The minimum absolute atomic E-state index is 0.257. The summed E-state index contributed by atoms with van der Waals surface area (Å²) in [7, 11) is 1.56. The number of aromatic nitrogens is 3. The van der Waals surface area contributed by atoms with Gasteiger partial charge in [0, 0.05) is 19.4 Å². The molecule has 2 aromatic rings. The molecule has 112 valence electrons. The number of thiazole rings is 1. The summed E-state index contributed by atoms with van der Waals surface area (Å²) in [6.07, 6.45) is 1.49. The van der Waals surface area contributed by atoms with E-state index in [1.165, 1.54) is 28.3 Å². The van der Waals surface area contributed by atoms with Gasteiger partial charge in [0.05, 0.1) is 12.3 Å². The van der Waals surface area contributed by atoms with Crippen LogP contribution in [-0.4, -0.2) is 38.9 Å². The number of methoxy groups -OCH3 is 1. The van der Waals surface area contributed by atoms with E-state index in [9.17, 15) is 9.59 Å². The van der Waals surface area contributed by atoms with E-state index in [0.717, 1.165) is 5.01 Å². The summed E-state index contributed by atoms with van der Waals surface area (Å²) < 4.78 is 6.21. The lowest BCUT2D eigenvalue weighted by Crippen LogP contribution is -2.13. The van der Waals surface area contributed by atoms with Gasteiger partial charge in [-0.15, -0.1) is 11.3 Å². The van der Waals surface area contributed by atoms with Crippen LogP contribution in [0.25, 0.3) is 0 Å². The monoisotopic (exact) mass is 310 g/mol. The van der Waals surface area contributed by atoms with Crippen LogP contribution in [0.1, 0.15) is 20.4 Å². The molecule has 0 fully saturated rings. The SMILES string of the molecule is COCc1nc(C)c(C(=O)Nc2ccn(CC(=O)O)n2)s1. The zero-order valence-electron chi connectivity index (χ0n) is 11.5. The van der Waals surface area contributed by atoms with Crippen molar-refractivity contribution >= 4 is 29.0 Å². The number of hydrogen-bond acceptors (Lipinski definition) is 6. The van der Waals surface area contributed by atoms with E-state index < -0.39 is 5.97 Å². The lowest BCUT2D eigenvalue weighted by molar-refractivity contribution is -0.137. The van der Waals surface area contributed by atoms with Gasteiger partial charge in [0.15, 0.2) is 5.82 Å². The van der Waals surface area contributed by atoms with Gasteiger partial charge in [-0.2, -0.15) is 5.10 Å². The Morgan fingerprint density at radius 1 is 1.52 bits per heavy atom. The molecule has 8 nitrogen and oxygen atoms in total. The van der Waals surface area contributed by atoms with E-state index >= 15 is 0 Å². The summed E-state index contributed by atoms with van der Waals surface area (Å²) in [5.41, 5.74) is 0.620. The standard InChI is InChI=1S/C12H14N4O4S/c1-7-11(21-9(13-7)6-20-2)12(19)14-8-3-4-16(15-8)5-10(17)18/h3-4H,5-6H2,1-2H3,(H,17,18)(H,14,15,19). The number of nitrogens with one attached hydrogen (secondary N) is 1. The fourth-order valence-electron chi connectivity index (χ4n) is 1.68. The van der Waals surface area contributed by atoms with Crippen molar-refractivity contribution in [1.29, 1.82) is 0 Å². The first-order valence-corrected chi connectivity index (χ1v) is 6.83. The Labute approximate surface area is 124 Å². The van der Waals surface area contributed by atoms with Gasteiger partial charge < -0.3 is 15.2 Å². The molecular formula is C12H14N4O4S. The third kappa shape index (κ3) is 3.86. The van der Waals surface area contributed by atoms with Crippen LogP contribution in [0.2, 0.25) is 0 Å². The lowest BCUT2D eigenvalue weighted by Gasteiger charge is -2.00. The second-order valence-electron chi connectivity index (χ2n) is 4.20. The summed E-state index contributed by atoms with van der Waals surface area (Å²) in [6.45, 7) is 1.84. The summed E-state index contributed by atoms with van der Waals surface area (Å²) in [6, 6.07) is 1.53. The minimum atomic E-state index is -1.00. The van der Waals surface area contributed by atoms with E-state index in [2.05, 4.69) is 15.4 Å². The molecule has 2 N–H and O–H groups in total. The molecule has 0 radical (unpaired) electrons. The van der Waals surface area contributed by atoms with Crippen molar-refractivity contribution in [3.63, 3.8) is 0 Å². The number of carbonyl (C=O) groups is 2. The number of anilines is 1. The summed E-state index contributed by atoms with van der Waals surface area (Å²) in [5.74, 6) is -1.03. The van der Waals surface area contributed by atoms with E-state index in [1.807, 2.05) is 0 Å². The summed E-state index contributed by atoms with van der Waals surface area (Å²) >= 11 is 1.25. The van der Waals surface area contributed by atoms with E-state index in [1.54, 1.807) is 14.0 Å². The highest BCUT2D eigenvalue weighted by Gasteiger charge is 2.16. The summed E-state index contributed by atoms with van der Waals surface area (Å²) in [4.78, 5) is 27.4. The quantitative estimate of drug-likeness (QED) is 0.828. The minimum Gasteiger partial charge on any atom is -0.480 e. The first-order chi connectivity index (χ1) is 9.99. The number of hydrogen-bond donors (Lipinski definition) is 2. The molecule has 0 saturated carbocycles. The normalized spacial score (nSPS) is 10.6. The van der Waals surface area contributed by atoms with Crippen LogP contribution in [0.4, 0.5) is 5.82 Å². The fourth-order valence-corrected chi connectivity index (χ4v) is 2.61. The molecule has 0 spiro atoms. The van der Waals surface area contributed by atoms with Gasteiger partial charge in [-0.1, -0.05) is 0 Å². The molecule has 0 bridgehead atoms. The average molecular weight is 310 g/mol. The Bertz CT molecular complexity index is 664. The Balaban J connectivity index is 2.07. The molecule has 0 saturated heterocycles. The van der Waals surface area contributed by atoms with Crippen LogP contribution < -0.4 is 5.32 Å². The first-order valence-electron chi connectivity index (χ1n) is 6.01. The number of aryl methyl sites for hydroxylation is 1. The number of nitrogens with zero attached hydrogens (tertiary/aromatic N) is 3. The molecular weight excluding hydrogens is 296 g/mol. The molecule has 2 heterocycles. The molecule has 0 aliphatic heterocycles. The van der Waals surface area contributed by atoms with Crippen molar-refractivity contribution in [3.8, 4) is 0 Å². The number of carboxylic acids is 1. The van der Waals surface area contributed by atoms with Crippen LogP contribution in [0.5, 0.6) is 0 Å². The molecule has 2 rings (SSSR count). The molecule has 0 aromatic carbocycles. The predicted octanol–water partition coefficient (Wildman–Crippen LogP) is 1.13. The highest BCUT2D eigenvalue weighted by molar-refractivity contribution is 7.13. The average Bonchev–Trinajstić information content (AvgIpc) is 2.96.